The summed E-state index contributed by atoms with van der Waals surface area (Å²) in [6.45, 7) is 3.70. The first-order chi connectivity index (χ1) is 6.92. The Hall–Kier alpha value is -0.770. The molecule has 0 fully saturated rings. The summed E-state index contributed by atoms with van der Waals surface area (Å²) in [7, 11) is 1.56. The van der Waals surface area contributed by atoms with Gasteiger partial charge >= 0.3 is 0 Å². The Morgan fingerprint density at radius 1 is 1.53 bits per heavy atom. The van der Waals surface area contributed by atoms with Crippen molar-refractivity contribution in [3.63, 3.8) is 0 Å². The number of methoxy groups -OCH3 is 1. The van der Waals surface area contributed by atoms with Gasteiger partial charge in [0.25, 0.3) is 0 Å². The highest BCUT2D eigenvalue weighted by molar-refractivity contribution is 6.32. The lowest BCUT2D eigenvalue weighted by Crippen LogP contribution is -2.32. The smallest absolute Gasteiger partial charge is 0.137 e. The Morgan fingerprint density at radius 2 is 2.13 bits per heavy atom. The zero-order valence-electron chi connectivity index (χ0n) is 9.17. The number of ether oxygens (including phenoxy) is 1. The molecule has 1 atom stereocenters. The Balaban J connectivity index is 3.28. The number of benzene rings is 1. The highest BCUT2D eigenvalue weighted by Gasteiger charge is 2.24. The Morgan fingerprint density at radius 3 is 2.60 bits per heavy atom. The summed E-state index contributed by atoms with van der Waals surface area (Å²) in [5.74, 6) is 0.603. The fraction of sp³-hybridized carbons (Fsp3) is 0.455. The minimum absolute atomic E-state index is 0.149. The van der Waals surface area contributed by atoms with Crippen LogP contribution in [0.1, 0.15) is 18.1 Å². The molecule has 0 aromatic heterocycles. The van der Waals surface area contributed by atoms with E-state index in [-0.39, 0.29) is 6.54 Å². The Bertz CT molecular complexity index is 364. The Labute approximate surface area is 94.8 Å². The molecule has 0 bridgehead atoms. The van der Waals surface area contributed by atoms with Crippen molar-refractivity contribution in [1.29, 1.82) is 0 Å². The van der Waals surface area contributed by atoms with Gasteiger partial charge in [0.05, 0.1) is 17.7 Å². The van der Waals surface area contributed by atoms with Gasteiger partial charge in [0.2, 0.25) is 0 Å². The van der Waals surface area contributed by atoms with Crippen LogP contribution in [-0.4, -0.2) is 18.8 Å². The van der Waals surface area contributed by atoms with Gasteiger partial charge in [-0.05, 0) is 37.1 Å². The molecule has 1 rings (SSSR count). The number of aryl methyl sites for hydroxylation is 1. The van der Waals surface area contributed by atoms with Crippen LogP contribution in [0.2, 0.25) is 5.02 Å². The van der Waals surface area contributed by atoms with Crippen LogP contribution in [0.3, 0.4) is 0 Å². The number of hydrogen-bond donors (Lipinski definition) is 2. The molecule has 0 aliphatic heterocycles. The van der Waals surface area contributed by atoms with Crippen molar-refractivity contribution in [2.45, 2.75) is 19.4 Å². The fourth-order valence-electron chi connectivity index (χ4n) is 1.50. The summed E-state index contributed by atoms with van der Waals surface area (Å²) in [5.41, 5.74) is 6.09. The second-order valence-electron chi connectivity index (χ2n) is 3.78. The first-order valence-electron chi connectivity index (χ1n) is 4.69. The van der Waals surface area contributed by atoms with Gasteiger partial charge < -0.3 is 15.6 Å². The molecule has 0 amide bonds. The van der Waals surface area contributed by atoms with Gasteiger partial charge in [0.15, 0.2) is 0 Å². The lowest BCUT2D eigenvalue weighted by Gasteiger charge is -2.24. The molecule has 0 saturated carbocycles. The SMILES string of the molecule is COc1cc(C)c(C(C)(O)CN)cc1Cl. The van der Waals surface area contributed by atoms with Crippen molar-refractivity contribution in [1.82, 2.24) is 0 Å². The number of halogens is 1. The van der Waals surface area contributed by atoms with Crippen LogP contribution in [-0.2, 0) is 5.60 Å². The molecule has 0 heterocycles. The molecular formula is C11H16ClNO2. The van der Waals surface area contributed by atoms with Crippen LogP contribution in [0.15, 0.2) is 12.1 Å². The molecule has 3 N–H and O–H groups in total. The van der Waals surface area contributed by atoms with Crippen molar-refractivity contribution in [2.24, 2.45) is 5.73 Å². The standard InChI is InChI=1S/C11H16ClNO2/c1-7-4-10(15-3)9(12)5-8(7)11(2,14)6-13/h4-5,14H,6,13H2,1-3H3. The topological polar surface area (TPSA) is 55.5 Å². The molecule has 0 aliphatic carbocycles. The van der Waals surface area contributed by atoms with Crippen molar-refractivity contribution in [2.75, 3.05) is 13.7 Å². The second kappa shape index (κ2) is 4.39. The van der Waals surface area contributed by atoms with E-state index in [0.29, 0.717) is 10.8 Å². The number of aliphatic hydroxyl groups is 1. The molecular weight excluding hydrogens is 214 g/mol. The van der Waals surface area contributed by atoms with Crippen LogP contribution in [0.5, 0.6) is 5.75 Å². The van der Waals surface area contributed by atoms with Crippen LogP contribution in [0.25, 0.3) is 0 Å². The zero-order chi connectivity index (χ0) is 11.6. The van der Waals surface area contributed by atoms with Gasteiger partial charge in [0, 0.05) is 6.54 Å². The quantitative estimate of drug-likeness (QED) is 0.832. The summed E-state index contributed by atoms with van der Waals surface area (Å²) in [6, 6.07) is 3.49. The van der Waals surface area contributed by atoms with Crippen LogP contribution < -0.4 is 10.5 Å². The number of nitrogens with two attached hydrogens (primary N) is 1. The summed E-state index contributed by atoms with van der Waals surface area (Å²) < 4.78 is 5.08. The van der Waals surface area contributed by atoms with E-state index in [0.717, 1.165) is 11.1 Å². The molecule has 0 spiro atoms. The molecule has 0 radical (unpaired) electrons. The summed E-state index contributed by atoms with van der Waals surface area (Å²) in [5, 5.41) is 10.5. The van der Waals surface area contributed by atoms with Crippen molar-refractivity contribution < 1.29 is 9.84 Å². The van der Waals surface area contributed by atoms with E-state index < -0.39 is 5.60 Å². The summed E-state index contributed by atoms with van der Waals surface area (Å²) in [4.78, 5) is 0. The monoisotopic (exact) mass is 229 g/mol. The maximum absolute atomic E-state index is 10.0. The van der Waals surface area contributed by atoms with Gasteiger partial charge in [-0.1, -0.05) is 11.6 Å². The second-order valence-corrected chi connectivity index (χ2v) is 4.19. The molecule has 3 nitrogen and oxygen atoms in total. The maximum Gasteiger partial charge on any atom is 0.137 e. The van der Waals surface area contributed by atoms with Crippen molar-refractivity contribution in [3.8, 4) is 5.75 Å². The molecule has 4 heteroatoms. The predicted octanol–water partition coefficient (Wildman–Crippen LogP) is 1.82. The van der Waals surface area contributed by atoms with Crippen LogP contribution in [0, 0.1) is 6.92 Å². The predicted molar refractivity (Wildman–Crippen MR) is 61.4 cm³/mol. The lowest BCUT2D eigenvalue weighted by atomic mass is 9.92. The van der Waals surface area contributed by atoms with E-state index in [9.17, 15) is 5.11 Å². The van der Waals surface area contributed by atoms with E-state index in [2.05, 4.69) is 0 Å². The molecule has 1 aromatic rings. The minimum atomic E-state index is -1.06. The van der Waals surface area contributed by atoms with Gasteiger partial charge in [0.1, 0.15) is 5.75 Å². The minimum Gasteiger partial charge on any atom is -0.495 e. The van der Waals surface area contributed by atoms with Gasteiger partial charge in [-0.2, -0.15) is 0 Å². The Kier molecular flexibility index (Phi) is 3.60. The summed E-state index contributed by atoms with van der Waals surface area (Å²) in [6.07, 6.45) is 0. The average Bonchev–Trinajstić information content (AvgIpc) is 2.20. The fourth-order valence-corrected chi connectivity index (χ4v) is 1.74. The van der Waals surface area contributed by atoms with Crippen molar-refractivity contribution >= 4 is 11.6 Å². The van der Waals surface area contributed by atoms with E-state index in [1.54, 1.807) is 26.2 Å². The number of rotatable bonds is 3. The van der Waals surface area contributed by atoms with Gasteiger partial charge in [-0.15, -0.1) is 0 Å². The molecule has 1 unspecified atom stereocenters. The van der Waals surface area contributed by atoms with Crippen LogP contribution >= 0.6 is 11.6 Å². The van der Waals surface area contributed by atoms with E-state index in [1.165, 1.54) is 0 Å². The first kappa shape index (κ1) is 12.3. The normalized spacial score (nSPS) is 14.8. The third kappa shape index (κ3) is 2.43. The average molecular weight is 230 g/mol. The van der Waals surface area contributed by atoms with Gasteiger partial charge in [-0.3, -0.25) is 0 Å². The molecule has 0 aliphatic rings. The highest BCUT2D eigenvalue weighted by atomic mass is 35.5. The molecule has 15 heavy (non-hydrogen) atoms. The highest BCUT2D eigenvalue weighted by Crippen LogP contribution is 2.32. The number of hydrogen-bond acceptors (Lipinski definition) is 3. The zero-order valence-corrected chi connectivity index (χ0v) is 9.93. The van der Waals surface area contributed by atoms with Crippen molar-refractivity contribution in [3.05, 3.63) is 28.3 Å². The maximum atomic E-state index is 10.0. The summed E-state index contributed by atoms with van der Waals surface area (Å²) >= 11 is 5.99. The largest absolute Gasteiger partial charge is 0.495 e. The molecule has 84 valence electrons. The van der Waals surface area contributed by atoms with E-state index >= 15 is 0 Å². The third-order valence-corrected chi connectivity index (χ3v) is 2.77. The first-order valence-corrected chi connectivity index (χ1v) is 5.07. The third-order valence-electron chi connectivity index (χ3n) is 2.48. The lowest BCUT2D eigenvalue weighted by molar-refractivity contribution is 0.0661. The van der Waals surface area contributed by atoms with Gasteiger partial charge in [-0.25, -0.2) is 0 Å². The molecule has 1 aromatic carbocycles. The molecule has 0 saturated heterocycles. The van der Waals surface area contributed by atoms with E-state index in [4.69, 9.17) is 22.1 Å². The van der Waals surface area contributed by atoms with Crippen LogP contribution in [0.4, 0.5) is 0 Å². The van der Waals surface area contributed by atoms with E-state index in [1.807, 2.05) is 6.92 Å².